The number of alkyl halides is 3. The van der Waals surface area contributed by atoms with Gasteiger partial charge in [0.1, 0.15) is 0 Å². The van der Waals surface area contributed by atoms with Gasteiger partial charge in [0.25, 0.3) is 5.91 Å². The maximum atomic E-state index is 13.6. The highest BCUT2D eigenvalue weighted by molar-refractivity contribution is 6.05. The maximum absolute atomic E-state index is 13.6. The second-order valence-electron chi connectivity index (χ2n) is 9.17. The highest BCUT2D eigenvalue weighted by atomic mass is 19.4. The third-order valence-corrected chi connectivity index (χ3v) is 6.55. The van der Waals surface area contributed by atoms with Crippen LogP contribution in [0.15, 0.2) is 48.8 Å². The fraction of sp³-hybridized carbons (Fsp3) is 0.308. The second kappa shape index (κ2) is 10.2. The number of carbonyl (C=O) groups excluding carboxylic acids is 1. The van der Waals surface area contributed by atoms with Crippen LogP contribution in [0.2, 0.25) is 0 Å². The number of aromatic nitrogens is 2. The van der Waals surface area contributed by atoms with E-state index in [4.69, 9.17) is 11.6 Å². The molecule has 0 saturated carbocycles. The molecule has 1 amide bonds. The number of rotatable bonds is 6. The Morgan fingerprint density at radius 2 is 1.84 bits per heavy atom. The van der Waals surface area contributed by atoms with Gasteiger partial charge < -0.3 is 16.0 Å². The largest absolute Gasteiger partial charge is 0.416 e. The SMILES string of the molecule is Cc1ccc(C(=O)Nc2cc(N3CCCC3)cc(C(F)(F)F)c2)cc1N(N)/C=C(\N)c1cnn(C)c1C. The summed E-state index contributed by atoms with van der Waals surface area (Å²) in [5, 5.41) is 8.10. The van der Waals surface area contributed by atoms with Crippen molar-refractivity contribution in [3.05, 3.63) is 76.7 Å². The molecule has 1 saturated heterocycles. The minimum atomic E-state index is -4.54. The first-order chi connectivity index (χ1) is 17.4. The van der Waals surface area contributed by atoms with Gasteiger partial charge in [0.05, 0.1) is 23.1 Å². The highest BCUT2D eigenvalue weighted by Crippen LogP contribution is 2.35. The van der Waals surface area contributed by atoms with Crippen molar-refractivity contribution in [1.82, 2.24) is 9.78 Å². The predicted octanol–water partition coefficient (Wildman–Crippen LogP) is 4.55. The summed E-state index contributed by atoms with van der Waals surface area (Å²) < 4.78 is 42.4. The Labute approximate surface area is 213 Å². The fourth-order valence-corrected chi connectivity index (χ4v) is 4.31. The highest BCUT2D eigenvalue weighted by Gasteiger charge is 2.32. The standard InChI is InChI=1S/C26H30F3N7O/c1-16-6-7-18(10-24(16)36(31)15-23(30)22-14-32-34(3)17(22)2)25(37)33-20-11-19(26(27,28)29)12-21(13-20)35-8-4-5-9-35/h6-7,10-15H,4-5,8-9,30-31H2,1-3H3,(H,33,37)/b23-15-. The van der Waals surface area contributed by atoms with E-state index in [1.165, 1.54) is 11.2 Å². The summed E-state index contributed by atoms with van der Waals surface area (Å²) in [7, 11) is 1.80. The Kier molecular flexibility index (Phi) is 7.17. The number of nitrogens with two attached hydrogens (primary N) is 2. The first kappa shape index (κ1) is 26.1. The van der Waals surface area contributed by atoms with Crippen LogP contribution in [0.3, 0.4) is 0 Å². The number of hydrazine groups is 1. The van der Waals surface area contributed by atoms with Crippen molar-refractivity contribution in [2.75, 3.05) is 28.3 Å². The van der Waals surface area contributed by atoms with Crippen LogP contribution in [-0.4, -0.2) is 28.8 Å². The van der Waals surface area contributed by atoms with Crippen LogP contribution in [0.25, 0.3) is 5.70 Å². The summed E-state index contributed by atoms with van der Waals surface area (Å²) in [4.78, 5) is 15.0. The molecule has 0 spiro atoms. The molecule has 8 nitrogen and oxygen atoms in total. The van der Waals surface area contributed by atoms with Crippen molar-refractivity contribution in [2.45, 2.75) is 32.9 Å². The molecule has 0 atom stereocenters. The van der Waals surface area contributed by atoms with Crippen molar-refractivity contribution >= 4 is 28.7 Å². The van der Waals surface area contributed by atoms with Crippen molar-refractivity contribution in [3.63, 3.8) is 0 Å². The lowest BCUT2D eigenvalue weighted by atomic mass is 10.1. The molecule has 1 aliphatic heterocycles. The van der Waals surface area contributed by atoms with E-state index in [-0.39, 0.29) is 11.3 Å². The predicted molar refractivity (Wildman–Crippen MR) is 139 cm³/mol. The van der Waals surface area contributed by atoms with Crippen LogP contribution in [0, 0.1) is 13.8 Å². The van der Waals surface area contributed by atoms with E-state index in [2.05, 4.69) is 10.4 Å². The summed E-state index contributed by atoms with van der Waals surface area (Å²) >= 11 is 0. The number of nitrogens with one attached hydrogen (secondary N) is 1. The van der Waals surface area contributed by atoms with Crippen LogP contribution < -0.4 is 26.8 Å². The van der Waals surface area contributed by atoms with Gasteiger partial charge in [-0.3, -0.25) is 14.5 Å². The summed E-state index contributed by atoms with van der Waals surface area (Å²) in [5.74, 6) is 5.70. The van der Waals surface area contributed by atoms with E-state index >= 15 is 0 Å². The Balaban J connectivity index is 1.60. The molecule has 0 radical (unpaired) electrons. The Hall–Kier alpha value is -3.99. The zero-order valence-corrected chi connectivity index (χ0v) is 20.9. The molecule has 0 unspecified atom stereocenters. The van der Waals surface area contributed by atoms with Gasteiger partial charge in [-0.25, -0.2) is 5.84 Å². The molecule has 3 aromatic rings. The number of hydrogen-bond acceptors (Lipinski definition) is 6. The van der Waals surface area contributed by atoms with Gasteiger partial charge >= 0.3 is 6.18 Å². The van der Waals surface area contributed by atoms with Crippen LogP contribution in [0.5, 0.6) is 0 Å². The van der Waals surface area contributed by atoms with Gasteiger partial charge in [-0.1, -0.05) is 6.07 Å². The van der Waals surface area contributed by atoms with Gasteiger partial charge in [-0.2, -0.15) is 18.3 Å². The quantitative estimate of drug-likeness (QED) is 0.330. The van der Waals surface area contributed by atoms with E-state index < -0.39 is 17.6 Å². The molecule has 1 aromatic heterocycles. The minimum absolute atomic E-state index is 0.0737. The Bertz CT molecular complexity index is 1340. The number of carbonyl (C=O) groups is 1. The number of benzene rings is 2. The smallest absolute Gasteiger partial charge is 0.397 e. The summed E-state index contributed by atoms with van der Waals surface area (Å²) in [5.41, 5.74) is 9.43. The number of hydrogen-bond donors (Lipinski definition) is 3. The molecule has 2 heterocycles. The minimum Gasteiger partial charge on any atom is -0.397 e. The summed E-state index contributed by atoms with van der Waals surface area (Å²) in [6.07, 6.45) is 0.462. The first-order valence-corrected chi connectivity index (χ1v) is 11.8. The Morgan fingerprint density at radius 1 is 1.14 bits per heavy atom. The number of nitrogens with zero attached hydrogens (tertiary/aromatic N) is 4. The maximum Gasteiger partial charge on any atom is 0.416 e. The average molecular weight is 514 g/mol. The summed E-state index contributed by atoms with van der Waals surface area (Å²) in [6.45, 7) is 5.06. The molecule has 1 aliphatic rings. The molecule has 0 bridgehead atoms. The third-order valence-electron chi connectivity index (χ3n) is 6.55. The monoisotopic (exact) mass is 513 g/mol. The van der Waals surface area contributed by atoms with Gasteiger partial charge in [0, 0.05) is 54.5 Å². The Morgan fingerprint density at radius 3 is 2.46 bits per heavy atom. The van der Waals surface area contributed by atoms with Crippen molar-refractivity contribution in [2.24, 2.45) is 18.6 Å². The summed E-state index contributed by atoms with van der Waals surface area (Å²) in [6, 6.07) is 8.52. The number of amides is 1. The van der Waals surface area contributed by atoms with E-state index in [1.54, 1.807) is 42.2 Å². The van der Waals surface area contributed by atoms with Crippen LogP contribution >= 0.6 is 0 Å². The molecular formula is C26H30F3N7O. The molecule has 37 heavy (non-hydrogen) atoms. The molecule has 11 heteroatoms. The number of anilines is 3. The van der Waals surface area contributed by atoms with Crippen LogP contribution in [-0.2, 0) is 13.2 Å². The van der Waals surface area contributed by atoms with Gasteiger partial charge in [-0.05, 0) is 62.6 Å². The van der Waals surface area contributed by atoms with Crippen LogP contribution in [0.1, 0.15) is 45.6 Å². The number of halogens is 3. The van der Waals surface area contributed by atoms with Gasteiger partial charge in [0.15, 0.2) is 0 Å². The fourth-order valence-electron chi connectivity index (χ4n) is 4.31. The lowest BCUT2D eigenvalue weighted by Crippen LogP contribution is -2.27. The van der Waals surface area contributed by atoms with Gasteiger partial charge in [0.2, 0.25) is 0 Å². The molecule has 1 fully saturated rings. The molecule has 2 aromatic carbocycles. The topological polar surface area (TPSA) is 105 Å². The van der Waals surface area contributed by atoms with Gasteiger partial charge in [-0.15, -0.1) is 0 Å². The zero-order valence-electron chi connectivity index (χ0n) is 20.9. The first-order valence-electron chi connectivity index (χ1n) is 11.8. The van der Waals surface area contributed by atoms with E-state index in [9.17, 15) is 18.0 Å². The second-order valence-corrected chi connectivity index (χ2v) is 9.17. The lowest BCUT2D eigenvalue weighted by Gasteiger charge is -2.21. The number of aryl methyl sites for hydroxylation is 2. The normalized spacial score (nSPS) is 14.2. The van der Waals surface area contributed by atoms with E-state index in [0.29, 0.717) is 30.2 Å². The van der Waals surface area contributed by atoms with Crippen molar-refractivity contribution in [1.29, 1.82) is 0 Å². The zero-order chi connectivity index (χ0) is 26.9. The molecule has 0 aliphatic carbocycles. The van der Waals surface area contributed by atoms with Crippen molar-refractivity contribution in [3.8, 4) is 0 Å². The third kappa shape index (κ3) is 5.72. The van der Waals surface area contributed by atoms with Crippen LogP contribution in [0.4, 0.5) is 30.2 Å². The molecular weight excluding hydrogens is 483 g/mol. The lowest BCUT2D eigenvalue weighted by molar-refractivity contribution is -0.137. The molecule has 5 N–H and O–H groups in total. The van der Waals surface area contributed by atoms with E-state index in [0.717, 1.165) is 41.8 Å². The molecule has 196 valence electrons. The molecule has 4 rings (SSSR count). The van der Waals surface area contributed by atoms with E-state index in [1.807, 2.05) is 18.7 Å². The van der Waals surface area contributed by atoms with Crippen molar-refractivity contribution < 1.29 is 18.0 Å². The average Bonchev–Trinajstić information content (AvgIpc) is 3.49.